The molecule has 0 bridgehead atoms. The Bertz CT molecular complexity index is 563. The maximum atomic E-state index is 13.9. The summed E-state index contributed by atoms with van der Waals surface area (Å²) in [6.07, 6.45) is 5.83. The van der Waals surface area contributed by atoms with E-state index in [2.05, 4.69) is 10.6 Å². The second kappa shape index (κ2) is 8.82. The number of nitrogens with one attached hydrogen (secondary N) is 2. The van der Waals surface area contributed by atoms with E-state index in [1.807, 2.05) is 0 Å². The summed E-state index contributed by atoms with van der Waals surface area (Å²) in [6, 6.07) is 0.983. The van der Waals surface area contributed by atoms with Gasteiger partial charge in [-0.25, -0.2) is 13.6 Å². The van der Waals surface area contributed by atoms with Crippen LogP contribution in [-0.4, -0.2) is 30.9 Å². The van der Waals surface area contributed by atoms with Crippen molar-refractivity contribution >= 4 is 11.7 Å². The van der Waals surface area contributed by atoms with Gasteiger partial charge in [0, 0.05) is 24.8 Å². The molecule has 5 nitrogen and oxygen atoms in total. The third kappa shape index (κ3) is 4.80. The lowest BCUT2D eigenvalue weighted by molar-refractivity contribution is 0.202. The van der Waals surface area contributed by atoms with Crippen molar-refractivity contribution in [2.45, 2.75) is 44.6 Å². The number of urea groups is 1. The highest BCUT2D eigenvalue weighted by molar-refractivity contribution is 5.89. The number of carbonyl (C=O) groups is 1. The van der Waals surface area contributed by atoms with Crippen molar-refractivity contribution in [1.29, 1.82) is 0 Å². The first kappa shape index (κ1) is 18.4. The molecule has 1 aliphatic carbocycles. The predicted octanol–water partition coefficient (Wildman–Crippen LogP) is 3.43. The molecule has 7 heteroatoms. The molecule has 0 radical (unpaired) electrons. The molecule has 1 aromatic rings. The highest BCUT2D eigenvalue weighted by Gasteiger charge is 2.25. The summed E-state index contributed by atoms with van der Waals surface area (Å²) in [5, 5.41) is 14.3. The van der Waals surface area contributed by atoms with Crippen LogP contribution in [0.1, 0.15) is 38.5 Å². The van der Waals surface area contributed by atoms with Crippen LogP contribution in [0.3, 0.4) is 0 Å². The van der Waals surface area contributed by atoms with Crippen LogP contribution in [0.2, 0.25) is 0 Å². The number of rotatable bonds is 6. The van der Waals surface area contributed by atoms with Gasteiger partial charge >= 0.3 is 6.03 Å². The summed E-state index contributed by atoms with van der Waals surface area (Å²) >= 11 is 0. The molecule has 1 aliphatic rings. The first-order valence-corrected chi connectivity index (χ1v) is 8.26. The summed E-state index contributed by atoms with van der Waals surface area (Å²) in [4.78, 5) is 12.1. The van der Waals surface area contributed by atoms with Gasteiger partial charge in [0.15, 0.2) is 17.4 Å². The maximum Gasteiger partial charge on any atom is 0.319 e. The highest BCUT2D eigenvalue weighted by atomic mass is 19.1. The van der Waals surface area contributed by atoms with Crippen molar-refractivity contribution in [2.24, 2.45) is 5.92 Å². The molecule has 134 valence electrons. The molecule has 1 atom stereocenters. The lowest BCUT2D eigenvalue weighted by Gasteiger charge is -2.30. The number of aliphatic hydroxyl groups excluding tert-OH is 1. The molecule has 1 saturated carbocycles. The first-order chi connectivity index (χ1) is 11.5. The van der Waals surface area contributed by atoms with Gasteiger partial charge in [0.2, 0.25) is 0 Å². The van der Waals surface area contributed by atoms with Crippen LogP contribution in [0.15, 0.2) is 12.1 Å². The zero-order valence-electron chi connectivity index (χ0n) is 13.8. The van der Waals surface area contributed by atoms with Crippen LogP contribution in [0.5, 0.6) is 5.75 Å². The van der Waals surface area contributed by atoms with Crippen LogP contribution < -0.4 is 15.4 Å². The molecule has 24 heavy (non-hydrogen) atoms. The van der Waals surface area contributed by atoms with Gasteiger partial charge in [-0.3, -0.25) is 0 Å². The number of carbonyl (C=O) groups excluding carboxylic acids is 1. The van der Waals surface area contributed by atoms with Crippen LogP contribution in [0, 0.1) is 17.6 Å². The van der Waals surface area contributed by atoms with Crippen molar-refractivity contribution in [2.75, 3.05) is 19.0 Å². The molecule has 0 aliphatic heterocycles. The van der Waals surface area contributed by atoms with E-state index in [1.165, 1.54) is 13.5 Å². The molecule has 3 N–H and O–H groups in total. The molecular formula is C17H24F2N2O3. The Hall–Kier alpha value is -1.89. The Morgan fingerprint density at radius 3 is 2.62 bits per heavy atom. The van der Waals surface area contributed by atoms with E-state index >= 15 is 0 Å². The fraction of sp³-hybridized carbons (Fsp3) is 0.588. The maximum absolute atomic E-state index is 13.9. The van der Waals surface area contributed by atoms with Crippen LogP contribution in [0.25, 0.3) is 0 Å². The fourth-order valence-electron chi connectivity index (χ4n) is 3.21. The summed E-state index contributed by atoms with van der Waals surface area (Å²) in [7, 11) is 1.24. The lowest BCUT2D eigenvalue weighted by atomic mass is 9.83. The molecule has 0 spiro atoms. The molecule has 1 fully saturated rings. The SMILES string of the molecule is COc1cc(F)c(NC(=O)NC(CCO)C2CCCCC2)cc1F. The Morgan fingerprint density at radius 1 is 1.29 bits per heavy atom. The monoisotopic (exact) mass is 342 g/mol. The summed E-state index contributed by atoms with van der Waals surface area (Å²) in [6.45, 7) is -0.0348. The van der Waals surface area contributed by atoms with E-state index < -0.39 is 17.7 Å². The normalized spacial score (nSPS) is 16.5. The topological polar surface area (TPSA) is 70.6 Å². The molecule has 1 unspecified atom stereocenters. The zero-order chi connectivity index (χ0) is 17.5. The van der Waals surface area contributed by atoms with Crippen LogP contribution >= 0.6 is 0 Å². The molecule has 2 amide bonds. The number of anilines is 1. The Morgan fingerprint density at radius 2 is 2.00 bits per heavy atom. The second-order valence-corrected chi connectivity index (χ2v) is 6.08. The molecule has 0 saturated heterocycles. The van der Waals surface area contributed by atoms with Gasteiger partial charge in [0.05, 0.1) is 12.8 Å². The smallest absolute Gasteiger partial charge is 0.319 e. The molecular weight excluding hydrogens is 318 g/mol. The number of methoxy groups -OCH3 is 1. The average molecular weight is 342 g/mol. The van der Waals surface area contributed by atoms with Gasteiger partial charge in [-0.2, -0.15) is 0 Å². The number of aliphatic hydroxyl groups is 1. The molecule has 0 heterocycles. The zero-order valence-corrected chi connectivity index (χ0v) is 13.8. The van der Waals surface area contributed by atoms with Crippen molar-refractivity contribution in [3.8, 4) is 5.75 Å². The van der Waals surface area contributed by atoms with E-state index in [0.29, 0.717) is 12.3 Å². The largest absolute Gasteiger partial charge is 0.494 e. The van der Waals surface area contributed by atoms with E-state index in [1.54, 1.807) is 0 Å². The van der Waals surface area contributed by atoms with Crippen molar-refractivity contribution in [3.05, 3.63) is 23.8 Å². The van der Waals surface area contributed by atoms with Gasteiger partial charge < -0.3 is 20.5 Å². The van der Waals surface area contributed by atoms with Crippen LogP contribution in [0.4, 0.5) is 19.3 Å². The van der Waals surface area contributed by atoms with Crippen molar-refractivity contribution in [3.63, 3.8) is 0 Å². The second-order valence-electron chi connectivity index (χ2n) is 6.08. The highest BCUT2D eigenvalue weighted by Crippen LogP contribution is 2.28. The Balaban J connectivity index is 2.01. The Kier molecular flexibility index (Phi) is 6.78. The Labute approximate surface area is 140 Å². The summed E-state index contributed by atoms with van der Waals surface area (Å²) in [5.41, 5.74) is -0.253. The number of hydrogen-bond acceptors (Lipinski definition) is 3. The minimum Gasteiger partial charge on any atom is -0.494 e. The molecule has 0 aromatic heterocycles. The third-order valence-electron chi connectivity index (χ3n) is 4.47. The number of hydrogen-bond donors (Lipinski definition) is 3. The number of benzene rings is 1. The quantitative estimate of drug-likeness (QED) is 0.742. The van der Waals surface area contributed by atoms with Gasteiger partial charge in [0.25, 0.3) is 0 Å². The number of amides is 2. The van der Waals surface area contributed by atoms with Gasteiger partial charge in [-0.15, -0.1) is 0 Å². The van der Waals surface area contributed by atoms with E-state index in [9.17, 15) is 18.7 Å². The first-order valence-electron chi connectivity index (χ1n) is 8.26. The van der Waals surface area contributed by atoms with E-state index in [0.717, 1.165) is 37.8 Å². The summed E-state index contributed by atoms with van der Waals surface area (Å²) < 4.78 is 32.2. The van der Waals surface area contributed by atoms with E-state index in [4.69, 9.17) is 4.74 Å². The standard InChI is InChI=1S/C17H24F2N2O3/c1-24-16-10-12(18)15(9-13(16)19)21-17(23)20-14(7-8-22)11-5-3-2-4-6-11/h9-11,14,22H,2-8H2,1H3,(H2,20,21,23). The van der Waals surface area contributed by atoms with E-state index in [-0.39, 0.29) is 24.1 Å². The van der Waals surface area contributed by atoms with Crippen LogP contribution in [-0.2, 0) is 0 Å². The average Bonchev–Trinajstić information content (AvgIpc) is 2.58. The summed E-state index contributed by atoms with van der Waals surface area (Å²) in [5.74, 6) is -1.46. The molecule has 2 rings (SSSR count). The minimum absolute atomic E-state index is 0.0348. The van der Waals surface area contributed by atoms with Gasteiger partial charge in [0.1, 0.15) is 0 Å². The van der Waals surface area contributed by atoms with Gasteiger partial charge in [-0.1, -0.05) is 19.3 Å². The minimum atomic E-state index is -0.778. The number of halogens is 2. The fourth-order valence-corrected chi connectivity index (χ4v) is 3.21. The lowest BCUT2D eigenvalue weighted by Crippen LogP contribution is -2.43. The number of ether oxygens (including phenoxy) is 1. The third-order valence-corrected chi connectivity index (χ3v) is 4.47. The molecule has 1 aromatic carbocycles. The van der Waals surface area contributed by atoms with Gasteiger partial charge in [-0.05, 0) is 25.2 Å². The predicted molar refractivity (Wildman–Crippen MR) is 87.1 cm³/mol. The van der Waals surface area contributed by atoms with Crippen molar-refractivity contribution < 1.29 is 23.4 Å². The van der Waals surface area contributed by atoms with Crippen molar-refractivity contribution in [1.82, 2.24) is 5.32 Å².